The Bertz CT molecular complexity index is 1010. The van der Waals surface area contributed by atoms with E-state index in [1.165, 1.54) is 0 Å². The minimum absolute atomic E-state index is 0.136. The summed E-state index contributed by atoms with van der Waals surface area (Å²) < 4.78 is 25.1. The molecular weight excluding hydrogens is 506 g/mol. The molecule has 1 aliphatic carbocycles. The van der Waals surface area contributed by atoms with Crippen molar-refractivity contribution in [3.63, 3.8) is 0 Å². The maximum atomic E-state index is 13.3. The van der Waals surface area contributed by atoms with E-state index < -0.39 is 29.4 Å². The SMILES string of the molecule is CCCCCC(C)(O)COC1C(OCc2ccccc2)CC(OCc2ccccc2)C1N(C)C(=O)OC(C)(C)C. The van der Waals surface area contributed by atoms with Gasteiger partial charge < -0.3 is 29.0 Å². The van der Waals surface area contributed by atoms with Crippen LogP contribution in [0.1, 0.15) is 77.8 Å². The van der Waals surface area contributed by atoms with Crippen molar-refractivity contribution >= 4 is 6.09 Å². The van der Waals surface area contributed by atoms with Crippen molar-refractivity contribution in [2.45, 2.75) is 115 Å². The number of carbonyl (C=O) groups excluding carboxylic acids is 1. The highest BCUT2D eigenvalue weighted by Gasteiger charge is 2.50. The van der Waals surface area contributed by atoms with Gasteiger partial charge in [-0.1, -0.05) is 86.8 Å². The second-order valence-corrected chi connectivity index (χ2v) is 12.2. The van der Waals surface area contributed by atoms with Crippen molar-refractivity contribution in [1.82, 2.24) is 4.90 Å². The standard InChI is InChI=1S/C33H49NO6/c1-7-8-15-20-33(5,36)24-39-30-28(38-23-26-18-13-10-14-19-26)21-27(37-22-25-16-11-9-12-17-25)29(30)34(6)31(35)40-32(2,3)4/h9-14,16-19,27-30,36H,7-8,15,20-24H2,1-6H3. The van der Waals surface area contributed by atoms with Crippen LogP contribution < -0.4 is 0 Å². The molecule has 1 fully saturated rings. The maximum absolute atomic E-state index is 13.3. The lowest BCUT2D eigenvalue weighted by molar-refractivity contribution is -0.127. The molecule has 1 N–H and O–H groups in total. The number of hydrogen-bond donors (Lipinski definition) is 1. The third kappa shape index (κ3) is 10.2. The van der Waals surface area contributed by atoms with Gasteiger partial charge in [0.2, 0.25) is 0 Å². The summed E-state index contributed by atoms with van der Waals surface area (Å²) in [7, 11) is 1.73. The van der Waals surface area contributed by atoms with Crippen LogP contribution in [0.2, 0.25) is 0 Å². The fourth-order valence-corrected chi connectivity index (χ4v) is 5.05. The Balaban J connectivity index is 1.85. The van der Waals surface area contributed by atoms with Crippen LogP contribution in [0.5, 0.6) is 0 Å². The molecule has 222 valence electrons. The van der Waals surface area contributed by atoms with Gasteiger partial charge in [-0.3, -0.25) is 0 Å². The van der Waals surface area contributed by atoms with Crippen LogP contribution in [0.3, 0.4) is 0 Å². The highest BCUT2D eigenvalue weighted by atomic mass is 16.6. The molecule has 7 nitrogen and oxygen atoms in total. The molecule has 0 radical (unpaired) electrons. The summed E-state index contributed by atoms with van der Waals surface area (Å²) in [4.78, 5) is 14.9. The number of ether oxygens (including phenoxy) is 4. The molecule has 3 rings (SSSR count). The van der Waals surface area contributed by atoms with E-state index >= 15 is 0 Å². The number of amides is 1. The predicted octanol–water partition coefficient (Wildman–Crippen LogP) is 6.51. The summed E-state index contributed by atoms with van der Waals surface area (Å²) in [5.74, 6) is 0. The number of rotatable bonds is 14. The summed E-state index contributed by atoms with van der Waals surface area (Å²) >= 11 is 0. The van der Waals surface area contributed by atoms with Gasteiger partial charge in [0.15, 0.2) is 0 Å². The van der Waals surface area contributed by atoms with E-state index in [1.54, 1.807) is 11.9 Å². The molecule has 0 aromatic heterocycles. The van der Waals surface area contributed by atoms with Crippen molar-refractivity contribution in [3.05, 3.63) is 71.8 Å². The van der Waals surface area contributed by atoms with E-state index in [1.807, 2.05) is 88.4 Å². The van der Waals surface area contributed by atoms with Crippen LogP contribution in [-0.4, -0.2) is 65.3 Å². The summed E-state index contributed by atoms with van der Waals surface area (Å²) in [6.45, 7) is 10.5. The van der Waals surface area contributed by atoms with E-state index in [0.717, 1.165) is 30.4 Å². The molecule has 0 aliphatic heterocycles. The number of nitrogens with zero attached hydrogens (tertiary/aromatic N) is 1. The molecule has 0 spiro atoms. The highest BCUT2D eigenvalue weighted by molar-refractivity contribution is 5.68. The van der Waals surface area contributed by atoms with Crippen molar-refractivity contribution in [2.24, 2.45) is 0 Å². The van der Waals surface area contributed by atoms with Crippen LogP contribution >= 0.6 is 0 Å². The van der Waals surface area contributed by atoms with Crippen LogP contribution in [-0.2, 0) is 32.2 Å². The molecule has 5 unspecified atom stereocenters. The molecule has 7 heteroatoms. The highest BCUT2D eigenvalue weighted by Crippen LogP contribution is 2.34. The quantitative estimate of drug-likeness (QED) is 0.268. The van der Waals surface area contributed by atoms with Gasteiger partial charge in [-0.25, -0.2) is 4.79 Å². The van der Waals surface area contributed by atoms with Crippen molar-refractivity contribution in [3.8, 4) is 0 Å². The van der Waals surface area contributed by atoms with Gasteiger partial charge in [0.1, 0.15) is 11.7 Å². The smallest absolute Gasteiger partial charge is 0.410 e. The van der Waals surface area contributed by atoms with Crippen LogP contribution in [0.25, 0.3) is 0 Å². The zero-order valence-corrected chi connectivity index (χ0v) is 25.2. The number of carbonyl (C=O) groups is 1. The van der Waals surface area contributed by atoms with E-state index in [2.05, 4.69) is 6.92 Å². The van der Waals surface area contributed by atoms with E-state index in [9.17, 15) is 9.90 Å². The molecule has 1 amide bonds. The van der Waals surface area contributed by atoms with Crippen LogP contribution in [0.15, 0.2) is 60.7 Å². The lowest BCUT2D eigenvalue weighted by Gasteiger charge is -2.36. The largest absolute Gasteiger partial charge is 0.444 e. The maximum Gasteiger partial charge on any atom is 0.410 e. The van der Waals surface area contributed by atoms with Gasteiger partial charge >= 0.3 is 6.09 Å². The topological polar surface area (TPSA) is 77.5 Å². The predicted molar refractivity (Wildman–Crippen MR) is 157 cm³/mol. The van der Waals surface area contributed by atoms with E-state index in [-0.39, 0.29) is 18.8 Å². The Morgan fingerprint density at radius 2 is 1.43 bits per heavy atom. The Morgan fingerprint density at radius 1 is 0.875 bits per heavy atom. The van der Waals surface area contributed by atoms with Gasteiger partial charge in [-0.15, -0.1) is 0 Å². The molecule has 40 heavy (non-hydrogen) atoms. The minimum atomic E-state index is -0.989. The van der Waals surface area contributed by atoms with Crippen molar-refractivity contribution < 1.29 is 28.8 Å². The van der Waals surface area contributed by atoms with Gasteiger partial charge in [0, 0.05) is 13.5 Å². The van der Waals surface area contributed by atoms with Gasteiger partial charge in [-0.2, -0.15) is 0 Å². The summed E-state index contributed by atoms with van der Waals surface area (Å²) in [6, 6.07) is 19.5. The Kier molecular flexibility index (Phi) is 12.0. The fourth-order valence-electron chi connectivity index (χ4n) is 5.05. The van der Waals surface area contributed by atoms with Crippen LogP contribution in [0.4, 0.5) is 4.79 Å². The zero-order chi connectivity index (χ0) is 29.2. The average Bonchev–Trinajstić information content (AvgIpc) is 3.26. The molecule has 0 heterocycles. The lowest BCUT2D eigenvalue weighted by atomic mass is 9.99. The van der Waals surface area contributed by atoms with E-state index in [4.69, 9.17) is 18.9 Å². The number of unbranched alkanes of at least 4 members (excludes halogenated alkanes) is 2. The third-order valence-corrected chi connectivity index (χ3v) is 7.20. The van der Waals surface area contributed by atoms with Crippen LogP contribution in [0, 0.1) is 0 Å². The molecule has 0 saturated heterocycles. The normalized spacial score (nSPS) is 22.6. The molecular formula is C33H49NO6. The van der Waals surface area contributed by atoms with Gasteiger partial charge in [0.25, 0.3) is 0 Å². The second kappa shape index (κ2) is 15.0. The molecule has 2 aromatic rings. The third-order valence-electron chi connectivity index (χ3n) is 7.20. The fraction of sp³-hybridized carbons (Fsp3) is 0.606. The molecule has 1 saturated carbocycles. The average molecular weight is 556 g/mol. The minimum Gasteiger partial charge on any atom is -0.444 e. The Morgan fingerprint density at radius 3 is 1.95 bits per heavy atom. The first kappa shape index (κ1) is 32.1. The summed E-state index contributed by atoms with van der Waals surface area (Å²) in [5.41, 5.74) is 0.467. The van der Waals surface area contributed by atoms with Crippen molar-refractivity contribution in [1.29, 1.82) is 0 Å². The summed E-state index contributed by atoms with van der Waals surface area (Å²) in [6.07, 6.45) is 2.59. The molecule has 2 aromatic carbocycles. The first-order valence-corrected chi connectivity index (χ1v) is 14.6. The van der Waals surface area contributed by atoms with E-state index in [0.29, 0.717) is 26.1 Å². The number of benzene rings is 2. The number of likely N-dealkylation sites (N-methyl/N-ethyl adjacent to an activating group) is 1. The summed E-state index contributed by atoms with van der Waals surface area (Å²) in [5, 5.41) is 11.1. The lowest BCUT2D eigenvalue weighted by Crippen LogP contribution is -2.52. The van der Waals surface area contributed by atoms with Crippen molar-refractivity contribution in [2.75, 3.05) is 13.7 Å². The zero-order valence-electron chi connectivity index (χ0n) is 25.2. The monoisotopic (exact) mass is 555 g/mol. The molecule has 5 atom stereocenters. The molecule has 0 bridgehead atoms. The molecule has 1 aliphatic rings. The number of hydrogen-bond acceptors (Lipinski definition) is 6. The first-order valence-electron chi connectivity index (χ1n) is 14.6. The van der Waals surface area contributed by atoms with Gasteiger partial charge in [0.05, 0.1) is 43.7 Å². The Hall–Kier alpha value is -2.45. The number of aliphatic hydroxyl groups is 1. The second-order valence-electron chi connectivity index (χ2n) is 12.2. The first-order chi connectivity index (χ1) is 19.0. The van der Waals surface area contributed by atoms with Gasteiger partial charge in [-0.05, 0) is 45.2 Å². The Labute approximate surface area is 240 Å².